The fraction of sp³-hybridized carbons (Fsp3) is 0.562. The molecular formula is C16H24N2O. The molecule has 3 heteroatoms. The Morgan fingerprint density at radius 3 is 2.58 bits per heavy atom. The van der Waals surface area contributed by atoms with E-state index in [-0.39, 0.29) is 17.4 Å². The summed E-state index contributed by atoms with van der Waals surface area (Å²) in [4.78, 5) is 12.0. The maximum Gasteiger partial charge on any atom is 0.225 e. The molecule has 1 aromatic carbocycles. The molecule has 3 N–H and O–H groups in total. The van der Waals surface area contributed by atoms with Crippen LogP contribution in [-0.2, 0) is 10.2 Å². The van der Waals surface area contributed by atoms with Gasteiger partial charge >= 0.3 is 0 Å². The van der Waals surface area contributed by atoms with Gasteiger partial charge in [0.2, 0.25) is 5.91 Å². The number of rotatable bonds is 4. The van der Waals surface area contributed by atoms with Crippen molar-refractivity contribution in [3.63, 3.8) is 0 Å². The molecule has 1 unspecified atom stereocenters. The lowest BCUT2D eigenvalue weighted by Gasteiger charge is -2.23. The third kappa shape index (κ3) is 3.80. The van der Waals surface area contributed by atoms with Gasteiger partial charge in [-0.25, -0.2) is 0 Å². The van der Waals surface area contributed by atoms with Crippen LogP contribution in [0.3, 0.4) is 0 Å². The maximum atomic E-state index is 12.0. The predicted molar refractivity (Wildman–Crippen MR) is 79.1 cm³/mol. The van der Waals surface area contributed by atoms with Gasteiger partial charge in [0.1, 0.15) is 0 Å². The van der Waals surface area contributed by atoms with E-state index in [1.165, 1.54) is 12.8 Å². The van der Waals surface area contributed by atoms with Crippen molar-refractivity contribution in [1.29, 1.82) is 0 Å². The molecule has 1 aromatic rings. The average Bonchev–Trinajstić information content (AvgIpc) is 3.11. The number of carbonyl (C=O) groups excluding carboxylic acids is 1. The molecule has 3 nitrogen and oxygen atoms in total. The molecule has 0 aliphatic heterocycles. The Morgan fingerprint density at radius 1 is 1.37 bits per heavy atom. The van der Waals surface area contributed by atoms with Gasteiger partial charge in [-0.05, 0) is 35.8 Å². The van der Waals surface area contributed by atoms with Gasteiger partial charge in [-0.1, -0.05) is 39.0 Å². The van der Waals surface area contributed by atoms with E-state index in [2.05, 4.69) is 32.2 Å². The van der Waals surface area contributed by atoms with E-state index in [1.807, 2.05) is 18.2 Å². The van der Waals surface area contributed by atoms with Crippen LogP contribution in [0.4, 0.5) is 5.69 Å². The topological polar surface area (TPSA) is 55.1 Å². The minimum Gasteiger partial charge on any atom is -0.327 e. The first-order valence-electron chi connectivity index (χ1n) is 7.03. The molecule has 1 fully saturated rings. The monoisotopic (exact) mass is 260 g/mol. The Morgan fingerprint density at radius 2 is 2.00 bits per heavy atom. The average molecular weight is 260 g/mol. The number of anilines is 1. The van der Waals surface area contributed by atoms with Crippen molar-refractivity contribution in [2.45, 2.75) is 51.5 Å². The van der Waals surface area contributed by atoms with Crippen molar-refractivity contribution in [2.24, 2.45) is 11.7 Å². The number of carbonyl (C=O) groups is 1. The van der Waals surface area contributed by atoms with Gasteiger partial charge < -0.3 is 11.1 Å². The van der Waals surface area contributed by atoms with E-state index in [0.717, 1.165) is 11.3 Å². The summed E-state index contributed by atoms with van der Waals surface area (Å²) in [7, 11) is 0. The molecule has 1 saturated carbocycles. The molecule has 104 valence electrons. The summed E-state index contributed by atoms with van der Waals surface area (Å²) in [5.74, 6) is 0.583. The van der Waals surface area contributed by atoms with Crippen molar-refractivity contribution in [1.82, 2.24) is 0 Å². The first-order valence-corrected chi connectivity index (χ1v) is 7.03. The van der Waals surface area contributed by atoms with Gasteiger partial charge in [0.25, 0.3) is 0 Å². The van der Waals surface area contributed by atoms with Crippen LogP contribution in [-0.4, -0.2) is 11.9 Å². The lowest BCUT2D eigenvalue weighted by atomic mass is 9.86. The Balaban J connectivity index is 2.04. The van der Waals surface area contributed by atoms with E-state index in [1.54, 1.807) is 0 Å². The number of nitrogens with one attached hydrogen (secondary N) is 1. The summed E-state index contributed by atoms with van der Waals surface area (Å²) in [5.41, 5.74) is 8.07. The van der Waals surface area contributed by atoms with Crippen LogP contribution >= 0.6 is 0 Å². The summed E-state index contributed by atoms with van der Waals surface area (Å²) in [6, 6.07) is 8.00. The number of para-hydroxylation sites is 1. The fourth-order valence-electron chi connectivity index (χ4n) is 2.35. The standard InChI is InChI=1S/C16H24N2O/c1-16(2,3)12-6-4-5-7-14(12)18-15(19)10-13(17)11-8-9-11/h4-7,11,13H,8-10,17H2,1-3H3,(H,18,19). The quantitative estimate of drug-likeness (QED) is 0.874. The Hall–Kier alpha value is -1.35. The van der Waals surface area contributed by atoms with Crippen LogP contribution in [0.2, 0.25) is 0 Å². The first-order chi connectivity index (χ1) is 8.88. The van der Waals surface area contributed by atoms with Crippen LogP contribution < -0.4 is 11.1 Å². The largest absolute Gasteiger partial charge is 0.327 e. The van der Waals surface area contributed by atoms with Crippen molar-refractivity contribution in [3.8, 4) is 0 Å². The van der Waals surface area contributed by atoms with Crippen molar-refractivity contribution < 1.29 is 4.79 Å². The third-order valence-corrected chi connectivity index (χ3v) is 3.66. The second-order valence-electron chi connectivity index (χ2n) is 6.55. The van der Waals surface area contributed by atoms with Gasteiger partial charge in [0.05, 0.1) is 0 Å². The van der Waals surface area contributed by atoms with Crippen molar-refractivity contribution in [3.05, 3.63) is 29.8 Å². The number of benzene rings is 1. The van der Waals surface area contributed by atoms with Crippen LogP contribution in [0.15, 0.2) is 24.3 Å². The number of amides is 1. The molecule has 2 rings (SSSR count). The molecule has 0 spiro atoms. The van der Waals surface area contributed by atoms with E-state index in [0.29, 0.717) is 12.3 Å². The minimum absolute atomic E-state index is 0.0156. The highest BCUT2D eigenvalue weighted by atomic mass is 16.1. The number of hydrogen-bond donors (Lipinski definition) is 2. The van der Waals surface area contributed by atoms with Crippen LogP contribution in [0.25, 0.3) is 0 Å². The summed E-state index contributed by atoms with van der Waals surface area (Å²) in [5, 5.41) is 3.01. The number of nitrogens with two attached hydrogens (primary N) is 1. The van der Waals surface area contributed by atoms with Crippen LogP contribution in [0.1, 0.15) is 45.6 Å². The molecule has 19 heavy (non-hydrogen) atoms. The SMILES string of the molecule is CC(C)(C)c1ccccc1NC(=O)CC(N)C1CC1. The normalized spacial score (nSPS) is 17.1. The van der Waals surface area contributed by atoms with Gasteiger partial charge in [-0.15, -0.1) is 0 Å². The molecule has 0 heterocycles. The fourth-order valence-corrected chi connectivity index (χ4v) is 2.35. The van der Waals surface area contributed by atoms with Gasteiger partial charge in [0.15, 0.2) is 0 Å². The molecule has 1 aliphatic carbocycles. The minimum atomic E-state index is 0.0156. The van der Waals surface area contributed by atoms with Crippen LogP contribution in [0, 0.1) is 5.92 Å². The molecule has 1 amide bonds. The molecule has 0 aromatic heterocycles. The molecule has 0 radical (unpaired) electrons. The Bertz CT molecular complexity index is 458. The first kappa shape index (κ1) is 14.1. The lowest BCUT2D eigenvalue weighted by Crippen LogP contribution is -2.29. The van der Waals surface area contributed by atoms with Crippen molar-refractivity contribution >= 4 is 11.6 Å². The Kier molecular flexibility index (Phi) is 3.95. The zero-order chi connectivity index (χ0) is 14.0. The van der Waals surface area contributed by atoms with E-state index >= 15 is 0 Å². The predicted octanol–water partition coefficient (Wildman–Crippen LogP) is 3.05. The lowest BCUT2D eigenvalue weighted by molar-refractivity contribution is -0.116. The third-order valence-electron chi connectivity index (χ3n) is 3.66. The van der Waals surface area contributed by atoms with E-state index in [9.17, 15) is 4.79 Å². The summed E-state index contributed by atoms with van der Waals surface area (Å²) in [6.07, 6.45) is 2.77. The molecule has 1 atom stereocenters. The second-order valence-corrected chi connectivity index (χ2v) is 6.55. The summed E-state index contributed by atoms with van der Waals surface area (Å²) in [6.45, 7) is 6.44. The summed E-state index contributed by atoms with van der Waals surface area (Å²) < 4.78 is 0. The molecule has 1 aliphatic rings. The Labute approximate surface area is 115 Å². The van der Waals surface area contributed by atoms with Gasteiger partial charge in [0, 0.05) is 18.2 Å². The summed E-state index contributed by atoms with van der Waals surface area (Å²) >= 11 is 0. The highest BCUT2D eigenvalue weighted by Gasteiger charge is 2.30. The molecular weight excluding hydrogens is 236 g/mol. The highest BCUT2D eigenvalue weighted by molar-refractivity contribution is 5.92. The van der Waals surface area contributed by atoms with Gasteiger partial charge in [-0.3, -0.25) is 4.79 Å². The zero-order valence-corrected chi connectivity index (χ0v) is 12.1. The zero-order valence-electron chi connectivity index (χ0n) is 12.1. The highest BCUT2D eigenvalue weighted by Crippen LogP contribution is 2.33. The molecule has 0 bridgehead atoms. The van der Waals surface area contributed by atoms with Gasteiger partial charge in [-0.2, -0.15) is 0 Å². The number of hydrogen-bond acceptors (Lipinski definition) is 2. The van der Waals surface area contributed by atoms with Crippen LogP contribution in [0.5, 0.6) is 0 Å². The van der Waals surface area contributed by atoms with Crippen molar-refractivity contribution in [2.75, 3.05) is 5.32 Å². The van der Waals surface area contributed by atoms with E-state index < -0.39 is 0 Å². The van der Waals surface area contributed by atoms with E-state index in [4.69, 9.17) is 5.73 Å². The second kappa shape index (κ2) is 5.33. The smallest absolute Gasteiger partial charge is 0.225 e. The maximum absolute atomic E-state index is 12.0. The molecule has 0 saturated heterocycles.